The van der Waals surface area contributed by atoms with E-state index in [0.717, 1.165) is 18.4 Å². The number of hydrogen-bond acceptors (Lipinski definition) is 5. The molecule has 35 heavy (non-hydrogen) atoms. The van der Waals surface area contributed by atoms with Gasteiger partial charge in [0.1, 0.15) is 5.39 Å². The van der Waals surface area contributed by atoms with Crippen LogP contribution in [0.1, 0.15) is 27.3 Å². The highest BCUT2D eigenvalue weighted by atomic mass is 35.5. The summed E-state index contributed by atoms with van der Waals surface area (Å²) in [6.45, 7) is 1.43. The number of fused-ring (bicyclic) bond motifs is 3. The first-order valence-corrected chi connectivity index (χ1v) is 11.3. The summed E-state index contributed by atoms with van der Waals surface area (Å²) in [5, 5.41) is 7.33. The van der Waals surface area contributed by atoms with Gasteiger partial charge in [0.05, 0.1) is 24.7 Å². The van der Waals surface area contributed by atoms with Crippen LogP contribution in [0.5, 0.6) is 5.75 Å². The molecule has 4 aromatic rings. The van der Waals surface area contributed by atoms with Crippen molar-refractivity contribution in [2.75, 3.05) is 20.2 Å². The number of rotatable bonds is 6. The third-order valence-corrected chi connectivity index (χ3v) is 6.47. The standard InChI is InChI=1S/C26H26N4O4.ClH/c1-29-22-18-10-6-7-11-19(18)30(15-20(31)16-8-4-3-5-9-16)26(33)21(22)24(34-2)23(29)25(32)28-17-12-13-27-14-17;/h3-11,17,27H,12-15H2,1-2H3,(H,28,32);1H. The highest BCUT2D eigenvalue weighted by Gasteiger charge is 2.29. The van der Waals surface area contributed by atoms with Gasteiger partial charge in [-0.2, -0.15) is 0 Å². The van der Waals surface area contributed by atoms with E-state index in [-0.39, 0.29) is 48.0 Å². The maximum atomic E-state index is 13.8. The molecule has 1 aliphatic heterocycles. The normalized spacial score (nSPS) is 15.2. The lowest BCUT2D eigenvalue weighted by Crippen LogP contribution is -2.37. The Kier molecular flexibility index (Phi) is 6.95. The molecular formula is C26H27ClN4O4. The highest BCUT2D eigenvalue weighted by Crippen LogP contribution is 2.34. The van der Waals surface area contributed by atoms with E-state index in [1.807, 2.05) is 30.3 Å². The van der Waals surface area contributed by atoms with Crippen LogP contribution in [0.25, 0.3) is 21.8 Å². The van der Waals surface area contributed by atoms with E-state index in [4.69, 9.17) is 4.74 Å². The summed E-state index contributed by atoms with van der Waals surface area (Å²) in [5.41, 5.74) is 1.68. The van der Waals surface area contributed by atoms with Crippen molar-refractivity contribution >= 4 is 45.9 Å². The maximum Gasteiger partial charge on any atom is 0.272 e. The van der Waals surface area contributed by atoms with Crippen LogP contribution in [-0.2, 0) is 13.6 Å². The van der Waals surface area contributed by atoms with Gasteiger partial charge in [-0.1, -0.05) is 48.5 Å². The summed E-state index contributed by atoms with van der Waals surface area (Å²) >= 11 is 0. The Balaban J connectivity index is 0.00000289. The Morgan fingerprint density at radius 3 is 2.51 bits per heavy atom. The molecule has 0 saturated carbocycles. The zero-order chi connectivity index (χ0) is 23.8. The van der Waals surface area contributed by atoms with Gasteiger partial charge < -0.3 is 19.9 Å². The van der Waals surface area contributed by atoms with Gasteiger partial charge in [-0.3, -0.25) is 19.0 Å². The predicted molar refractivity (Wildman–Crippen MR) is 138 cm³/mol. The highest BCUT2D eigenvalue weighted by molar-refractivity contribution is 6.12. The minimum Gasteiger partial charge on any atom is -0.493 e. The number of hydrogen-bond donors (Lipinski definition) is 2. The summed E-state index contributed by atoms with van der Waals surface area (Å²) < 4.78 is 8.84. The number of Topliss-reactive ketones (excluding diaryl/α,β-unsaturated/α-hetero) is 1. The van der Waals surface area contributed by atoms with Gasteiger partial charge in [0, 0.05) is 30.6 Å². The molecule has 1 saturated heterocycles. The van der Waals surface area contributed by atoms with Gasteiger partial charge in [0.25, 0.3) is 11.5 Å². The first-order chi connectivity index (χ1) is 16.5. The molecule has 2 aromatic heterocycles. The Morgan fingerprint density at radius 1 is 1.11 bits per heavy atom. The van der Waals surface area contributed by atoms with Crippen molar-refractivity contribution in [3.05, 3.63) is 76.2 Å². The molecule has 0 spiro atoms. The quantitative estimate of drug-likeness (QED) is 0.402. The van der Waals surface area contributed by atoms with Crippen LogP contribution in [0.2, 0.25) is 0 Å². The largest absolute Gasteiger partial charge is 0.493 e. The molecule has 0 aliphatic carbocycles. The maximum absolute atomic E-state index is 13.8. The van der Waals surface area contributed by atoms with E-state index in [2.05, 4.69) is 10.6 Å². The van der Waals surface area contributed by atoms with Crippen molar-refractivity contribution < 1.29 is 14.3 Å². The molecule has 8 nitrogen and oxygen atoms in total. The molecule has 0 bridgehead atoms. The number of ether oxygens (including phenoxy) is 1. The molecule has 1 unspecified atom stereocenters. The van der Waals surface area contributed by atoms with Crippen molar-refractivity contribution in [3.63, 3.8) is 0 Å². The Bertz CT molecular complexity index is 1470. The number of carbonyl (C=O) groups is 2. The zero-order valence-corrected chi connectivity index (χ0v) is 20.4. The number of ketones is 1. The second kappa shape index (κ2) is 9.93. The smallest absolute Gasteiger partial charge is 0.272 e. The van der Waals surface area contributed by atoms with Crippen LogP contribution < -0.4 is 20.9 Å². The predicted octanol–water partition coefficient (Wildman–Crippen LogP) is 2.90. The minimum atomic E-state index is -0.369. The van der Waals surface area contributed by atoms with E-state index >= 15 is 0 Å². The van der Waals surface area contributed by atoms with Crippen LogP contribution in [0.3, 0.4) is 0 Å². The third kappa shape index (κ3) is 4.19. The molecular weight excluding hydrogens is 468 g/mol. The summed E-state index contributed by atoms with van der Waals surface area (Å²) in [5.74, 6) is -0.244. The van der Waals surface area contributed by atoms with Gasteiger partial charge in [-0.25, -0.2) is 0 Å². The van der Waals surface area contributed by atoms with Gasteiger partial charge in [0.15, 0.2) is 17.2 Å². The fourth-order valence-electron chi connectivity index (χ4n) is 4.83. The number of methoxy groups -OCH3 is 1. The number of nitrogens with zero attached hydrogens (tertiary/aromatic N) is 2. The minimum absolute atomic E-state index is 0. The first-order valence-electron chi connectivity index (χ1n) is 11.3. The number of aryl methyl sites for hydroxylation is 1. The van der Waals surface area contributed by atoms with Gasteiger partial charge >= 0.3 is 0 Å². The molecule has 1 amide bonds. The fraction of sp³-hybridized carbons (Fsp3) is 0.269. The van der Waals surface area contributed by atoms with Gasteiger partial charge in [-0.15, -0.1) is 12.4 Å². The molecule has 0 radical (unpaired) electrons. The molecule has 3 heterocycles. The molecule has 5 rings (SSSR count). The monoisotopic (exact) mass is 494 g/mol. The number of halogens is 1. The lowest BCUT2D eigenvalue weighted by molar-refractivity contribution is 0.0927. The van der Waals surface area contributed by atoms with E-state index in [9.17, 15) is 14.4 Å². The molecule has 1 aliphatic rings. The fourth-order valence-corrected chi connectivity index (χ4v) is 4.83. The van der Waals surface area contributed by atoms with Crippen molar-refractivity contribution in [3.8, 4) is 5.75 Å². The SMILES string of the molecule is COc1c(C(=O)NC2CCNC2)n(C)c2c1c(=O)n(CC(=O)c1ccccc1)c1ccccc21.Cl. The number of aromatic nitrogens is 2. The molecule has 1 atom stereocenters. The number of para-hydroxylation sites is 1. The van der Waals surface area contributed by atoms with E-state index < -0.39 is 0 Å². The zero-order valence-electron chi connectivity index (χ0n) is 19.5. The molecule has 2 N–H and O–H groups in total. The van der Waals surface area contributed by atoms with Crippen molar-refractivity contribution in [1.29, 1.82) is 0 Å². The average Bonchev–Trinajstić information content (AvgIpc) is 3.47. The summed E-state index contributed by atoms with van der Waals surface area (Å²) in [6.07, 6.45) is 0.843. The van der Waals surface area contributed by atoms with Crippen LogP contribution in [-0.4, -0.2) is 47.1 Å². The van der Waals surface area contributed by atoms with E-state index in [1.165, 1.54) is 11.7 Å². The van der Waals surface area contributed by atoms with Gasteiger partial charge in [0.2, 0.25) is 0 Å². The first kappa shape index (κ1) is 24.5. The number of nitrogens with one attached hydrogen (secondary N) is 2. The van der Waals surface area contributed by atoms with Crippen LogP contribution in [0, 0.1) is 0 Å². The van der Waals surface area contributed by atoms with Crippen LogP contribution >= 0.6 is 12.4 Å². The van der Waals surface area contributed by atoms with E-state index in [0.29, 0.717) is 34.2 Å². The number of amides is 1. The summed E-state index contributed by atoms with van der Waals surface area (Å²) in [6, 6.07) is 16.3. The van der Waals surface area contributed by atoms with Crippen molar-refractivity contribution in [1.82, 2.24) is 19.8 Å². The van der Waals surface area contributed by atoms with Crippen molar-refractivity contribution in [2.45, 2.75) is 19.0 Å². The topological polar surface area (TPSA) is 94.4 Å². The lowest BCUT2D eigenvalue weighted by Gasteiger charge is -2.13. The lowest BCUT2D eigenvalue weighted by atomic mass is 10.1. The second-order valence-electron chi connectivity index (χ2n) is 8.53. The summed E-state index contributed by atoms with van der Waals surface area (Å²) in [7, 11) is 3.22. The summed E-state index contributed by atoms with van der Waals surface area (Å²) in [4.78, 5) is 40.1. The number of carbonyl (C=O) groups excluding carboxylic acids is 2. The van der Waals surface area contributed by atoms with E-state index in [1.54, 1.807) is 35.9 Å². The number of pyridine rings is 1. The molecule has 1 fully saturated rings. The average molecular weight is 495 g/mol. The van der Waals surface area contributed by atoms with Crippen molar-refractivity contribution in [2.24, 2.45) is 7.05 Å². The molecule has 9 heteroatoms. The Labute approximate surface area is 208 Å². The third-order valence-electron chi connectivity index (χ3n) is 6.47. The molecule has 182 valence electrons. The van der Waals surface area contributed by atoms with Gasteiger partial charge in [-0.05, 0) is 19.0 Å². The van der Waals surface area contributed by atoms with Crippen LogP contribution in [0.4, 0.5) is 0 Å². The molecule has 2 aromatic carbocycles. The Morgan fingerprint density at radius 2 is 1.83 bits per heavy atom. The second-order valence-corrected chi connectivity index (χ2v) is 8.53. The van der Waals surface area contributed by atoms with Crippen LogP contribution in [0.15, 0.2) is 59.4 Å². The Hall–Kier alpha value is -3.62. The number of benzene rings is 2.